The second-order valence-corrected chi connectivity index (χ2v) is 4.43. The Hall–Kier alpha value is -2.84. The summed E-state index contributed by atoms with van der Waals surface area (Å²) in [7, 11) is 0. The predicted molar refractivity (Wildman–Crippen MR) is 71.7 cm³/mol. The maximum atomic E-state index is 11.7. The van der Waals surface area contributed by atoms with Gasteiger partial charge in [0, 0.05) is 18.3 Å². The van der Waals surface area contributed by atoms with Gasteiger partial charge < -0.3 is 20.3 Å². The highest BCUT2D eigenvalue weighted by atomic mass is 16.5. The fraction of sp³-hybridized carbons (Fsp3) is 0.333. The summed E-state index contributed by atoms with van der Waals surface area (Å²) in [6, 6.07) is -0.426. The maximum absolute atomic E-state index is 11.7. The smallest absolute Gasteiger partial charge is 0.325 e. The van der Waals surface area contributed by atoms with Crippen LogP contribution in [0.2, 0.25) is 0 Å². The number of nitrogens with one attached hydrogen (secondary N) is 2. The van der Waals surface area contributed by atoms with E-state index in [0.717, 1.165) is 11.3 Å². The summed E-state index contributed by atoms with van der Waals surface area (Å²) in [5.41, 5.74) is 1.96. The van der Waals surface area contributed by atoms with Crippen molar-refractivity contribution in [2.24, 2.45) is 0 Å². The fourth-order valence-corrected chi connectivity index (χ4v) is 1.75. The number of amides is 2. The van der Waals surface area contributed by atoms with Gasteiger partial charge in [-0.15, -0.1) is 0 Å². The number of hydrogen-bond donors (Lipinski definition) is 3. The lowest BCUT2D eigenvalue weighted by Crippen LogP contribution is -2.28. The van der Waals surface area contributed by atoms with E-state index in [9.17, 15) is 9.59 Å². The number of carbonyl (C=O) groups excluding carboxylic acids is 1. The van der Waals surface area contributed by atoms with E-state index in [4.69, 9.17) is 9.63 Å². The number of rotatable bonds is 5. The van der Waals surface area contributed by atoms with Crippen LogP contribution < -0.4 is 10.6 Å². The zero-order chi connectivity index (χ0) is 15.4. The molecule has 2 rings (SSSR count). The lowest BCUT2D eigenvalue weighted by molar-refractivity contribution is -0.137. The van der Waals surface area contributed by atoms with Crippen molar-refractivity contribution in [3.8, 4) is 0 Å². The summed E-state index contributed by atoms with van der Waals surface area (Å²) < 4.78 is 6.21. The second kappa shape index (κ2) is 6.07. The largest absolute Gasteiger partial charge is 0.480 e. The van der Waals surface area contributed by atoms with Gasteiger partial charge in [-0.3, -0.25) is 9.48 Å². The molecule has 0 saturated carbocycles. The SMILES string of the molecule is Cc1noc(C)c1CNC(=O)Nc1cnn(CC(=O)O)c1. The van der Waals surface area contributed by atoms with Gasteiger partial charge in [-0.05, 0) is 13.8 Å². The van der Waals surface area contributed by atoms with Crippen molar-refractivity contribution in [3.05, 3.63) is 29.4 Å². The zero-order valence-electron chi connectivity index (χ0n) is 11.6. The Balaban J connectivity index is 1.87. The average Bonchev–Trinajstić information content (AvgIpc) is 2.95. The lowest BCUT2D eigenvalue weighted by atomic mass is 10.2. The average molecular weight is 293 g/mol. The molecule has 0 aliphatic heterocycles. The first-order chi connectivity index (χ1) is 9.95. The molecule has 0 saturated heterocycles. The minimum absolute atomic E-state index is 0.262. The standard InChI is InChI=1S/C12H15N5O4/c1-7-10(8(2)21-16-7)4-13-12(20)15-9-3-14-17(5-9)6-11(18)19/h3,5H,4,6H2,1-2H3,(H,18,19)(H2,13,15,20). The van der Waals surface area contributed by atoms with Crippen LogP contribution in [0.15, 0.2) is 16.9 Å². The molecule has 0 aliphatic carbocycles. The molecule has 3 N–H and O–H groups in total. The molecule has 0 radical (unpaired) electrons. The van der Waals surface area contributed by atoms with Crippen LogP contribution in [-0.4, -0.2) is 32.0 Å². The first-order valence-corrected chi connectivity index (χ1v) is 6.16. The third-order valence-corrected chi connectivity index (χ3v) is 2.80. The molecule has 2 heterocycles. The van der Waals surface area contributed by atoms with Crippen LogP contribution in [0.5, 0.6) is 0 Å². The fourth-order valence-electron chi connectivity index (χ4n) is 1.75. The Morgan fingerprint density at radius 3 is 2.81 bits per heavy atom. The van der Waals surface area contributed by atoms with Gasteiger partial charge in [0.05, 0.1) is 17.6 Å². The van der Waals surface area contributed by atoms with Crippen LogP contribution in [0.3, 0.4) is 0 Å². The number of aromatic nitrogens is 3. The van der Waals surface area contributed by atoms with Crippen molar-refractivity contribution in [3.63, 3.8) is 0 Å². The molecule has 21 heavy (non-hydrogen) atoms. The Bertz CT molecular complexity index is 641. The highest BCUT2D eigenvalue weighted by molar-refractivity contribution is 5.88. The van der Waals surface area contributed by atoms with Gasteiger partial charge in [0.1, 0.15) is 12.3 Å². The van der Waals surface area contributed by atoms with E-state index in [1.54, 1.807) is 13.8 Å². The molecule has 0 spiro atoms. The maximum Gasteiger partial charge on any atom is 0.325 e. The predicted octanol–water partition coefficient (Wildman–Crippen LogP) is 0.894. The van der Waals surface area contributed by atoms with E-state index in [-0.39, 0.29) is 13.1 Å². The zero-order valence-corrected chi connectivity index (χ0v) is 11.6. The Morgan fingerprint density at radius 1 is 1.43 bits per heavy atom. The third kappa shape index (κ3) is 3.81. The number of anilines is 1. The monoisotopic (exact) mass is 293 g/mol. The number of nitrogens with zero attached hydrogens (tertiary/aromatic N) is 3. The molecule has 0 fully saturated rings. The first kappa shape index (κ1) is 14.6. The van der Waals surface area contributed by atoms with Gasteiger partial charge in [-0.25, -0.2) is 4.79 Å². The number of aliphatic carboxylic acids is 1. The minimum atomic E-state index is -1.01. The van der Waals surface area contributed by atoms with Crippen molar-refractivity contribution in [2.45, 2.75) is 26.9 Å². The molecule has 112 valence electrons. The van der Waals surface area contributed by atoms with Gasteiger partial charge in [-0.2, -0.15) is 5.10 Å². The quantitative estimate of drug-likeness (QED) is 0.752. The number of carboxylic acids is 1. The van der Waals surface area contributed by atoms with Gasteiger partial charge in [0.15, 0.2) is 0 Å². The van der Waals surface area contributed by atoms with Crippen molar-refractivity contribution in [2.75, 3.05) is 5.32 Å². The molecule has 2 aromatic heterocycles. The molecule has 0 unspecified atom stereocenters. The molecular formula is C12H15N5O4. The van der Waals surface area contributed by atoms with Gasteiger partial charge in [0.2, 0.25) is 0 Å². The number of carbonyl (C=O) groups is 2. The highest BCUT2D eigenvalue weighted by Gasteiger charge is 2.11. The Labute approximate surface area is 119 Å². The van der Waals surface area contributed by atoms with Crippen molar-refractivity contribution < 1.29 is 19.2 Å². The highest BCUT2D eigenvalue weighted by Crippen LogP contribution is 2.11. The normalized spacial score (nSPS) is 10.4. The van der Waals surface area contributed by atoms with Crippen LogP contribution in [0.4, 0.5) is 10.5 Å². The molecular weight excluding hydrogens is 278 g/mol. The van der Waals surface area contributed by atoms with E-state index in [1.165, 1.54) is 17.1 Å². The summed E-state index contributed by atoms with van der Waals surface area (Å²) >= 11 is 0. The van der Waals surface area contributed by atoms with Crippen molar-refractivity contribution in [1.82, 2.24) is 20.3 Å². The summed E-state index contributed by atoms with van der Waals surface area (Å²) in [6.45, 7) is 3.59. The molecule has 2 aromatic rings. The Kier molecular flexibility index (Phi) is 4.21. The number of aryl methyl sites for hydroxylation is 2. The molecule has 9 nitrogen and oxygen atoms in total. The lowest BCUT2D eigenvalue weighted by Gasteiger charge is -2.05. The van der Waals surface area contributed by atoms with Crippen molar-refractivity contribution >= 4 is 17.7 Å². The van der Waals surface area contributed by atoms with E-state index < -0.39 is 12.0 Å². The van der Waals surface area contributed by atoms with E-state index in [0.29, 0.717) is 11.4 Å². The van der Waals surface area contributed by atoms with Crippen molar-refractivity contribution in [1.29, 1.82) is 0 Å². The van der Waals surface area contributed by atoms with Gasteiger partial charge >= 0.3 is 12.0 Å². The molecule has 9 heteroatoms. The van der Waals surface area contributed by atoms with E-state index in [2.05, 4.69) is 20.9 Å². The van der Waals surface area contributed by atoms with Crippen LogP contribution in [0.25, 0.3) is 0 Å². The summed E-state index contributed by atoms with van der Waals surface area (Å²) in [4.78, 5) is 22.3. The summed E-state index contributed by atoms with van der Waals surface area (Å²) in [5.74, 6) is -0.352. The summed E-state index contributed by atoms with van der Waals surface area (Å²) in [6.07, 6.45) is 2.81. The third-order valence-electron chi connectivity index (χ3n) is 2.80. The Morgan fingerprint density at radius 2 is 2.19 bits per heavy atom. The van der Waals surface area contributed by atoms with Crippen LogP contribution in [-0.2, 0) is 17.9 Å². The summed E-state index contributed by atoms with van der Waals surface area (Å²) in [5, 5.41) is 21.5. The van der Waals surface area contributed by atoms with Gasteiger partial charge in [-0.1, -0.05) is 5.16 Å². The van der Waals surface area contributed by atoms with E-state index in [1.807, 2.05) is 0 Å². The molecule has 0 aromatic carbocycles. The number of carboxylic acid groups (broad SMARTS) is 1. The van der Waals surface area contributed by atoms with Gasteiger partial charge in [0.25, 0.3) is 0 Å². The second-order valence-electron chi connectivity index (χ2n) is 4.43. The molecule has 0 aliphatic rings. The first-order valence-electron chi connectivity index (χ1n) is 6.16. The molecule has 2 amide bonds. The van der Waals surface area contributed by atoms with E-state index >= 15 is 0 Å². The number of hydrogen-bond acceptors (Lipinski definition) is 5. The molecule has 0 atom stereocenters. The minimum Gasteiger partial charge on any atom is -0.480 e. The van der Waals surface area contributed by atoms with Crippen LogP contribution in [0, 0.1) is 13.8 Å². The molecule has 0 bridgehead atoms. The topological polar surface area (TPSA) is 122 Å². The van der Waals surface area contributed by atoms with Crippen LogP contribution in [0.1, 0.15) is 17.0 Å². The number of urea groups is 1. The van der Waals surface area contributed by atoms with Crippen LogP contribution >= 0.6 is 0 Å².